The number of amides is 1. The molecular weight excluding hydrogens is 346 g/mol. The normalized spacial score (nSPS) is 14.9. The number of carbonyl (C=O) groups is 1. The van der Waals surface area contributed by atoms with Crippen LogP contribution in [0.5, 0.6) is 0 Å². The van der Waals surface area contributed by atoms with Crippen molar-refractivity contribution in [1.29, 1.82) is 5.26 Å². The van der Waals surface area contributed by atoms with Crippen molar-refractivity contribution in [3.63, 3.8) is 0 Å². The van der Waals surface area contributed by atoms with E-state index >= 15 is 0 Å². The Labute approximate surface area is 167 Å². The maximum atomic E-state index is 12.7. The summed E-state index contributed by atoms with van der Waals surface area (Å²) in [6.45, 7) is 1.27. The van der Waals surface area contributed by atoms with Gasteiger partial charge in [-0.1, -0.05) is 79.9 Å². The van der Waals surface area contributed by atoms with E-state index in [9.17, 15) is 10.1 Å². The Morgan fingerprint density at radius 3 is 2.00 bits per heavy atom. The quantitative estimate of drug-likeness (QED) is 0.572. The van der Waals surface area contributed by atoms with Crippen molar-refractivity contribution in [2.75, 3.05) is 0 Å². The number of carbonyl (C=O) groups excluding carboxylic acids is 1. The fourth-order valence-electron chi connectivity index (χ4n) is 3.61. The van der Waals surface area contributed by atoms with Crippen LogP contribution in [0.15, 0.2) is 72.4 Å². The minimum atomic E-state index is -0.263. The second-order valence-corrected chi connectivity index (χ2v) is 7.34. The van der Waals surface area contributed by atoms with Crippen LogP contribution >= 0.6 is 0 Å². The van der Waals surface area contributed by atoms with Gasteiger partial charge in [-0.15, -0.1) is 0 Å². The first-order valence-corrected chi connectivity index (χ1v) is 9.99. The van der Waals surface area contributed by atoms with E-state index < -0.39 is 0 Å². The van der Waals surface area contributed by atoms with Crippen LogP contribution in [0, 0.1) is 11.3 Å². The summed E-state index contributed by atoms with van der Waals surface area (Å²) >= 11 is 0. The van der Waals surface area contributed by atoms with Crippen LogP contribution in [-0.2, 0) is 17.9 Å². The van der Waals surface area contributed by atoms with E-state index in [0.29, 0.717) is 13.1 Å². The first-order valence-electron chi connectivity index (χ1n) is 9.99. The van der Waals surface area contributed by atoms with Crippen LogP contribution in [0.3, 0.4) is 0 Å². The highest BCUT2D eigenvalue weighted by atomic mass is 16.1. The van der Waals surface area contributed by atoms with E-state index in [4.69, 9.17) is 0 Å². The molecule has 2 aromatic carbocycles. The Bertz CT molecular complexity index is 776. The predicted molar refractivity (Wildman–Crippen MR) is 111 cm³/mol. The van der Waals surface area contributed by atoms with Gasteiger partial charge in [-0.3, -0.25) is 4.79 Å². The molecule has 0 unspecified atom stereocenters. The summed E-state index contributed by atoms with van der Waals surface area (Å²) in [5, 5.41) is 12.6. The maximum Gasteiger partial charge on any atom is 0.263 e. The van der Waals surface area contributed by atoms with Gasteiger partial charge >= 0.3 is 0 Å². The van der Waals surface area contributed by atoms with Crippen LogP contribution in [0.25, 0.3) is 0 Å². The molecule has 0 radical (unpaired) electrons. The minimum Gasteiger partial charge on any atom is -0.367 e. The lowest BCUT2D eigenvalue weighted by Gasteiger charge is -2.24. The third-order valence-electron chi connectivity index (χ3n) is 5.07. The van der Waals surface area contributed by atoms with Crippen LogP contribution < -0.4 is 5.32 Å². The molecule has 28 heavy (non-hydrogen) atoms. The summed E-state index contributed by atoms with van der Waals surface area (Å²) in [5.41, 5.74) is 2.44. The summed E-state index contributed by atoms with van der Waals surface area (Å²) in [7, 11) is 0. The van der Waals surface area contributed by atoms with E-state index in [1.165, 1.54) is 6.42 Å². The average Bonchev–Trinajstić information content (AvgIpc) is 2.74. The molecule has 0 atom stereocenters. The van der Waals surface area contributed by atoms with E-state index in [-0.39, 0.29) is 17.5 Å². The molecule has 0 bridgehead atoms. The van der Waals surface area contributed by atoms with E-state index in [1.54, 1.807) is 6.20 Å². The summed E-state index contributed by atoms with van der Waals surface area (Å²) in [6, 6.07) is 22.5. The highest BCUT2D eigenvalue weighted by Crippen LogP contribution is 2.18. The number of rotatable bonds is 7. The highest BCUT2D eigenvalue weighted by Gasteiger charge is 2.19. The zero-order valence-corrected chi connectivity index (χ0v) is 16.2. The molecule has 144 valence electrons. The van der Waals surface area contributed by atoms with Crippen LogP contribution in [-0.4, -0.2) is 16.8 Å². The standard InChI is InChI=1S/C24H27N3O/c25-16-22(24(28)26-23-14-8-3-9-15-23)19-27(17-20-10-4-1-5-11-20)18-21-12-6-2-7-13-21/h1-2,4-7,10-13,19,23H,3,8-9,14-15,17-18H2,(H,26,28)/b22-19-. The third-order valence-corrected chi connectivity index (χ3v) is 5.07. The van der Waals surface area contributed by atoms with Crippen molar-refractivity contribution in [3.8, 4) is 6.07 Å². The van der Waals surface area contributed by atoms with Gasteiger partial charge in [0, 0.05) is 25.3 Å². The zero-order chi connectivity index (χ0) is 19.6. The van der Waals surface area contributed by atoms with E-state index in [0.717, 1.165) is 36.8 Å². The molecule has 1 aliphatic carbocycles. The largest absolute Gasteiger partial charge is 0.367 e. The van der Waals surface area contributed by atoms with Gasteiger partial charge in [0.1, 0.15) is 11.6 Å². The lowest BCUT2D eigenvalue weighted by Crippen LogP contribution is -2.37. The van der Waals surface area contributed by atoms with E-state index in [2.05, 4.69) is 35.7 Å². The van der Waals surface area contributed by atoms with Crippen molar-refractivity contribution in [1.82, 2.24) is 10.2 Å². The maximum absolute atomic E-state index is 12.7. The minimum absolute atomic E-state index is 0.164. The van der Waals surface area contributed by atoms with Gasteiger partial charge in [-0.25, -0.2) is 0 Å². The molecule has 0 aromatic heterocycles. The Kier molecular flexibility index (Phi) is 7.26. The third kappa shape index (κ3) is 5.99. The summed E-state index contributed by atoms with van der Waals surface area (Å²) in [6.07, 6.45) is 7.23. The summed E-state index contributed by atoms with van der Waals surface area (Å²) in [4.78, 5) is 14.7. The number of hydrogen-bond acceptors (Lipinski definition) is 3. The number of hydrogen-bond donors (Lipinski definition) is 1. The van der Waals surface area contributed by atoms with Crippen molar-refractivity contribution in [2.24, 2.45) is 0 Å². The summed E-state index contributed by atoms with van der Waals surface area (Å²) in [5.74, 6) is -0.263. The molecule has 0 saturated heterocycles. The molecule has 1 aliphatic rings. The molecule has 0 aliphatic heterocycles. The molecule has 4 heteroatoms. The van der Waals surface area contributed by atoms with Gasteiger partial charge in [-0.05, 0) is 24.0 Å². The lowest BCUT2D eigenvalue weighted by atomic mass is 9.95. The average molecular weight is 374 g/mol. The van der Waals surface area contributed by atoms with Crippen molar-refractivity contribution in [3.05, 3.63) is 83.6 Å². The monoisotopic (exact) mass is 373 g/mol. The second kappa shape index (κ2) is 10.3. The van der Waals surface area contributed by atoms with Crippen molar-refractivity contribution in [2.45, 2.75) is 51.2 Å². The smallest absolute Gasteiger partial charge is 0.263 e. The Hall–Kier alpha value is -3.06. The fourth-order valence-corrected chi connectivity index (χ4v) is 3.61. The van der Waals surface area contributed by atoms with Crippen LogP contribution in [0.2, 0.25) is 0 Å². The van der Waals surface area contributed by atoms with Gasteiger partial charge in [-0.2, -0.15) is 5.26 Å². The van der Waals surface area contributed by atoms with Gasteiger partial charge in [0.25, 0.3) is 5.91 Å². The van der Waals surface area contributed by atoms with E-state index in [1.807, 2.05) is 41.3 Å². The molecule has 0 heterocycles. The molecule has 1 amide bonds. The summed E-state index contributed by atoms with van der Waals surface area (Å²) < 4.78 is 0. The zero-order valence-electron chi connectivity index (χ0n) is 16.2. The Morgan fingerprint density at radius 1 is 0.964 bits per heavy atom. The SMILES string of the molecule is N#C/C(=C/N(Cc1ccccc1)Cc1ccccc1)C(=O)NC1CCCCC1. The number of nitrogens with zero attached hydrogens (tertiary/aromatic N) is 2. The molecule has 1 saturated carbocycles. The molecule has 3 rings (SSSR count). The van der Waals surface area contributed by atoms with Gasteiger partial charge in [0.15, 0.2) is 0 Å². The Balaban J connectivity index is 1.76. The molecule has 2 aromatic rings. The highest BCUT2D eigenvalue weighted by molar-refractivity contribution is 5.97. The topological polar surface area (TPSA) is 56.1 Å². The molecule has 1 fully saturated rings. The molecule has 0 spiro atoms. The van der Waals surface area contributed by atoms with Gasteiger partial charge < -0.3 is 10.2 Å². The molecule has 4 nitrogen and oxygen atoms in total. The number of nitrogens with one attached hydrogen (secondary N) is 1. The van der Waals surface area contributed by atoms with Gasteiger partial charge in [0.05, 0.1) is 0 Å². The van der Waals surface area contributed by atoms with Crippen molar-refractivity contribution < 1.29 is 4.79 Å². The number of benzene rings is 2. The second-order valence-electron chi connectivity index (χ2n) is 7.34. The Morgan fingerprint density at radius 2 is 1.50 bits per heavy atom. The first kappa shape index (κ1) is 19.7. The van der Waals surface area contributed by atoms with Crippen LogP contribution in [0.1, 0.15) is 43.2 Å². The first-order chi connectivity index (χ1) is 13.7. The fraction of sp³-hybridized carbons (Fsp3) is 0.333. The number of nitriles is 1. The molecular formula is C24H27N3O. The molecule has 1 N–H and O–H groups in total. The van der Waals surface area contributed by atoms with Crippen LogP contribution in [0.4, 0.5) is 0 Å². The predicted octanol–water partition coefficient (Wildman–Crippen LogP) is 4.55. The van der Waals surface area contributed by atoms with Gasteiger partial charge in [0.2, 0.25) is 0 Å². The van der Waals surface area contributed by atoms with Crippen molar-refractivity contribution >= 4 is 5.91 Å². The lowest BCUT2D eigenvalue weighted by molar-refractivity contribution is -0.118.